The standard InChI is InChI=1S/C23H29BrN2O3/c1-16-6-5-7-20(25-16)28-21(17-8-10-19(24)11-9-17)18-12-14-26(15-13-18)22(27)29-23(2,3)4/h5-11,18,21H,12-15H2,1-4H3. The van der Waals surface area contributed by atoms with Gasteiger partial charge in [-0.2, -0.15) is 0 Å². The highest BCUT2D eigenvalue weighted by Gasteiger charge is 2.32. The Hall–Kier alpha value is -2.08. The average molecular weight is 461 g/mol. The van der Waals surface area contributed by atoms with Crippen LogP contribution in [-0.4, -0.2) is 34.7 Å². The molecule has 3 rings (SSSR count). The van der Waals surface area contributed by atoms with Crippen LogP contribution >= 0.6 is 15.9 Å². The monoisotopic (exact) mass is 460 g/mol. The van der Waals surface area contributed by atoms with E-state index in [0.29, 0.717) is 19.0 Å². The minimum absolute atomic E-state index is 0.113. The van der Waals surface area contributed by atoms with Gasteiger partial charge in [0.2, 0.25) is 5.88 Å². The van der Waals surface area contributed by atoms with E-state index in [2.05, 4.69) is 33.0 Å². The van der Waals surface area contributed by atoms with Gasteiger partial charge in [-0.05, 0) is 64.3 Å². The third kappa shape index (κ3) is 6.20. The van der Waals surface area contributed by atoms with E-state index in [-0.39, 0.29) is 18.1 Å². The fourth-order valence-corrected chi connectivity index (χ4v) is 3.78. The van der Waals surface area contributed by atoms with Crippen LogP contribution in [0.2, 0.25) is 0 Å². The molecule has 1 amide bonds. The van der Waals surface area contributed by atoms with E-state index in [0.717, 1.165) is 28.6 Å². The van der Waals surface area contributed by atoms with Crippen molar-refractivity contribution < 1.29 is 14.3 Å². The third-order valence-corrected chi connectivity index (χ3v) is 5.46. The van der Waals surface area contributed by atoms with Crippen molar-refractivity contribution in [3.8, 4) is 5.88 Å². The van der Waals surface area contributed by atoms with Crippen LogP contribution in [0.3, 0.4) is 0 Å². The van der Waals surface area contributed by atoms with E-state index in [9.17, 15) is 4.79 Å². The minimum Gasteiger partial charge on any atom is -0.469 e. The molecule has 1 aliphatic rings. The number of halogens is 1. The van der Waals surface area contributed by atoms with Gasteiger partial charge in [0.25, 0.3) is 0 Å². The molecule has 1 atom stereocenters. The second kappa shape index (κ2) is 9.16. The number of piperidine rings is 1. The Morgan fingerprint density at radius 1 is 1.14 bits per heavy atom. The highest BCUT2D eigenvalue weighted by Crippen LogP contribution is 2.35. The predicted octanol–water partition coefficient (Wildman–Crippen LogP) is 5.92. The van der Waals surface area contributed by atoms with Crippen LogP contribution in [0.4, 0.5) is 4.79 Å². The number of likely N-dealkylation sites (tertiary alicyclic amines) is 1. The Morgan fingerprint density at radius 2 is 1.79 bits per heavy atom. The molecule has 1 aliphatic heterocycles. The zero-order valence-electron chi connectivity index (χ0n) is 17.5. The zero-order valence-corrected chi connectivity index (χ0v) is 19.1. The third-order valence-electron chi connectivity index (χ3n) is 4.93. The highest BCUT2D eigenvalue weighted by molar-refractivity contribution is 9.10. The highest BCUT2D eigenvalue weighted by atomic mass is 79.9. The first-order chi connectivity index (χ1) is 13.7. The van der Waals surface area contributed by atoms with Gasteiger partial charge in [0.1, 0.15) is 11.7 Å². The number of pyridine rings is 1. The summed E-state index contributed by atoms with van der Waals surface area (Å²) in [7, 11) is 0. The molecule has 2 aromatic rings. The van der Waals surface area contributed by atoms with Gasteiger partial charge in [0.05, 0.1) is 0 Å². The van der Waals surface area contributed by atoms with Gasteiger partial charge in [-0.15, -0.1) is 0 Å². The number of hydrogen-bond acceptors (Lipinski definition) is 4. The Morgan fingerprint density at radius 3 is 2.38 bits per heavy atom. The summed E-state index contributed by atoms with van der Waals surface area (Å²) in [5.74, 6) is 0.921. The summed E-state index contributed by atoms with van der Waals surface area (Å²) in [6.07, 6.45) is 1.35. The molecular weight excluding hydrogens is 432 g/mol. The number of aryl methyl sites for hydroxylation is 1. The largest absolute Gasteiger partial charge is 0.469 e. The quantitative estimate of drug-likeness (QED) is 0.567. The summed E-state index contributed by atoms with van der Waals surface area (Å²) in [5, 5.41) is 0. The summed E-state index contributed by atoms with van der Waals surface area (Å²) in [6, 6.07) is 14.1. The number of carbonyl (C=O) groups excluding carboxylic acids is 1. The van der Waals surface area contributed by atoms with Crippen LogP contribution in [0.5, 0.6) is 5.88 Å². The number of carbonyl (C=O) groups is 1. The van der Waals surface area contributed by atoms with Crippen LogP contribution in [0.25, 0.3) is 0 Å². The van der Waals surface area contributed by atoms with Crippen LogP contribution in [0.1, 0.15) is 51.0 Å². The van der Waals surface area contributed by atoms with Gasteiger partial charge in [0, 0.05) is 35.2 Å². The molecule has 0 spiro atoms. The Labute approximate surface area is 181 Å². The van der Waals surface area contributed by atoms with Crippen LogP contribution in [0.15, 0.2) is 46.9 Å². The Balaban J connectivity index is 1.73. The van der Waals surface area contributed by atoms with Gasteiger partial charge < -0.3 is 14.4 Å². The molecular formula is C23H29BrN2O3. The lowest BCUT2D eigenvalue weighted by Crippen LogP contribution is -2.43. The SMILES string of the molecule is Cc1cccc(OC(c2ccc(Br)cc2)C2CCN(C(=O)OC(C)(C)C)CC2)n1. The number of rotatable bonds is 4. The van der Waals surface area contributed by atoms with Crippen molar-refractivity contribution in [3.63, 3.8) is 0 Å². The molecule has 0 radical (unpaired) electrons. The predicted molar refractivity (Wildman–Crippen MR) is 117 cm³/mol. The zero-order chi connectivity index (χ0) is 21.0. The van der Waals surface area contributed by atoms with Gasteiger partial charge >= 0.3 is 6.09 Å². The van der Waals surface area contributed by atoms with Crippen molar-refractivity contribution in [2.24, 2.45) is 5.92 Å². The van der Waals surface area contributed by atoms with Gasteiger partial charge in [-0.3, -0.25) is 0 Å². The molecule has 156 valence electrons. The van der Waals surface area contributed by atoms with Gasteiger partial charge in [-0.25, -0.2) is 9.78 Å². The minimum atomic E-state index is -0.478. The van der Waals surface area contributed by atoms with Crippen molar-refractivity contribution in [1.29, 1.82) is 0 Å². The fourth-order valence-electron chi connectivity index (χ4n) is 3.51. The van der Waals surface area contributed by atoms with Crippen LogP contribution in [0, 0.1) is 12.8 Å². The van der Waals surface area contributed by atoms with E-state index in [1.165, 1.54) is 0 Å². The maximum atomic E-state index is 12.4. The van der Waals surface area contributed by atoms with E-state index >= 15 is 0 Å². The molecule has 0 N–H and O–H groups in total. The summed E-state index contributed by atoms with van der Waals surface area (Å²) >= 11 is 3.50. The first-order valence-corrected chi connectivity index (χ1v) is 10.8. The molecule has 1 aromatic heterocycles. The van der Waals surface area contributed by atoms with E-state index in [1.807, 2.05) is 58.0 Å². The molecule has 1 unspecified atom stereocenters. The van der Waals surface area contributed by atoms with Crippen molar-refractivity contribution in [2.45, 2.75) is 52.2 Å². The number of hydrogen-bond donors (Lipinski definition) is 0. The molecule has 1 aromatic carbocycles. The summed E-state index contributed by atoms with van der Waals surface area (Å²) in [6.45, 7) is 8.97. The lowest BCUT2D eigenvalue weighted by molar-refractivity contribution is 0.0102. The molecule has 0 saturated carbocycles. The molecule has 5 nitrogen and oxygen atoms in total. The summed E-state index contributed by atoms with van der Waals surface area (Å²) in [4.78, 5) is 18.7. The van der Waals surface area contributed by atoms with E-state index < -0.39 is 5.60 Å². The maximum Gasteiger partial charge on any atom is 0.410 e. The number of benzene rings is 1. The van der Waals surface area contributed by atoms with Crippen LogP contribution in [-0.2, 0) is 4.74 Å². The van der Waals surface area contributed by atoms with E-state index in [1.54, 1.807) is 4.90 Å². The molecule has 1 fully saturated rings. The number of aromatic nitrogens is 1. The van der Waals surface area contributed by atoms with Crippen LogP contribution < -0.4 is 4.74 Å². The average Bonchev–Trinajstić information content (AvgIpc) is 2.66. The molecule has 6 heteroatoms. The van der Waals surface area contributed by atoms with Gasteiger partial charge in [-0.1, -0.05) is 34.1 Å². The first-order valence-electron chi connectivity index (χ1n) is 10.0. The van der Waals surface area contributed by atoms with Crippen molar-refractivity contribution in [3.05, 3.63) is 58.2 Å². The summed E-state index contributed by atoms with van der Waals surface area (Å²) < 4.78 is 12.9. The van der Waals surface area contributed by atoms with Gasteiger partial charge in [0.15, 0.2) is 0 Å². The van der Waals surface area contributed by atoms with Crippen molar-refractivity contribution in [1.82, 2.24) is 9.88 Å². The van der Waals surface area contributed by atoms with E-state index in [4.69, 9.17) is 9.47 Å². The lowest BCUT2D eigenvalue weighted by atomic mass is 9.87. The molecule has 1 saturated heterocycles. The fraction of sp³-hybridized carbons (Fsp3) is 0.478. The Bertz CT molecular complexity index is 825. The molecule has 0 bridgehead atoms. The second-order valence-electron chi connectivity index (χ2n) is 8.51. The number of nitrogens with zero attached hydrogens (tertiary/aromatic N) is 2. The second-order valence-corrected chi connectivity index (χ2v) is 9.43. The topological polar surface area (TPSA) is 51.7 Å². The van der Waals surface area contributed by atoms with Crippen molar-refractivity contribution >= 4 is 22.0 Å². The molecule has 2 heterocycles. The molecule has 29 heavy (non-hydrogen) atoms. The lowest BCUT2D eigenvalue weighted by Gasteiger charge is -2.36. The Kier molecular flexibility index (Phi) is 6.83. The normalized spacial score (nSPS) is 16.4. The summed E-state index contributed by atoms with van der Waals surface area (Å²) in [5.41, 5.74) is 1.57. The number of amides is 1. The maximum absolute atomic E-state index is 12.4. The number of ether oxygens (including phenoxy) is 2. The first kappa shape index (κ1) is 21.6. The smallest absolute Gasteiger partial charge is 0.410 e. The van der Waals surface area contributed by atoms with Crippen molar-refractivity contribution in [2.75, 3.05) is 13.1 Å². The molecule has 0 aliphatic carbocycles.